The Bertz CT molecular complexity index is 1600. The number of piperazine rings is 1. The van der Waals surface area contributed by atoms with Gasteiger partial charge in [-0.3, -0.25) is 14.3 Å². The van der Waals surface area contributed by atoms with E-state index in [1.807, 2.05) is 58.8 Å². The molecule has 41 heavy (non-hydrogen) atoms. The lowest BCUT2D eigenvalue weighted by Gasteiger charge is -2.34. The van der Waals surface area contributed by atoms with Crippen molar-refractivity contribution >= 4 is 40.6 Å². The summed E-state index contributed by atoms with van der Waals surface area (Å²) in [4.78, 5) is 22.2. The van der Waals surface area contributed by atoms with Crippen LogP contribution in [0.25, 0.3) is 5.69 Å². The summed E-state index contributed by atoms with van der Waals surface area (Å²) in [5.74, 6) is 1.43. The van der Waals surface area contributed by atoms with Gasteiger partial charge in [0.05, 0.1) is 11.4 Å². The molecule has 6 rings (SSSR count). The SMILES string of the molecule is O=C(c1csc(CSc2nnc(Cc3ccccc3)n2-c2cccc(Cl)c2)n1)N1CCN(Cc2ccccc2)CC1. The minimum absolute atomic E-state index is 0.00380. The van der Waals surface area contributed by atoms with E-state index in [4.69, 9.17) is 16.6 Å². The zero-order chi connectivity index (χ0) is 28.0. The molecule has 0 aliphatic carbocycles. The van der Waals surface area contributed by atoms with Crippen LogP contribution >= 0.6 is 34.7 Å². The number of aromatic nitrogens is 4. The Morgan fingerprint density at radius 3 is 2.34 bits per heavy atom. The second kappa shape index (κ2) is 13.0. The summed E-state index contributed by atoms with van der Waals surface area (Å²) in [7, 11) is 0. The van der Waals surface area contributed by atoms with Crippen molar-refractivity contribution in [2.75, 3.05) is 26.2 Å². The molecule has 0 radical (unpaired) electrons. The third kappa shape index (κ3) is 6.87. The highest BCUT2D eigenvalue weighted by atomic mass is 35.5. The number of carbonyl (C=O) groups excluding carboxylic acids is 1. The van der Waals surface area contributed by atoms with Gasteiger partial charge < -0.3 is 4.90 Å². The number of thiazole rings is 1. The van der Waals surface area contributed by atoms with Crippen LogP contribution in [-0.2, 0) is 18.7 Å². The molecule has 0 unspecified atom stereocenters. The van der Waals surface area contributed by atoms with Crippen LogP contribution < -0.4 is 0 Å². The molecule has 5 aromatic rings. The van der Waals surface area contributed by atoms with E-state index in [1.54, 1.807) is 11.8 Å². The molecule has 0 spiro atoms. The highest BCUT2D eigenvalue weighted by Crippen LogP contribution is 2.29. The number of amides is 1. The molecular weight excluding hydrogens is 572 g/mol. The second-order valence-electron chi connectivity index (χ2n) is 9.85. The number of benzene rings is 3. The van der Waals surface area contributed by atoms with Crippen molar-refractivity contribution in [2.24, 2.45) is 0 Å². The maximum Gasteiger partial charge on any atom is 0.273 e. The van der Waals surface area contributed by atoms with E-state index < -0.39 is 0 Å². The molecule has 7 nitrogen and oxygen atoms in total. The fourth-order valence-electron chi connectivity index (χ4n) is 4.88. The smallest absolute Gasteiger partial charge is 0.273 e. The van der Waals surface area contributed by atoms with Crippen molar-refractivity contribution in [2.45, 2.75) is 23.9 Å². The van der Waals surface area contributed by atoms with E-state index in [-0.39, 0.29) is 5.91 Å². The standard InChI is InChI=1S/C31H29ClN6OS2/c32-25-12-7-13-26(19-25)38-28(18-23-8-3-1-4-9-23)34-35-31(38)41-22-29-33-27(21-40-29)30(39)37-16-14-36(15-17-37)20-24-10-5-2-6-11-24/h1-13,19,21H,14-18,20,22H2. The van der Waals surface area contributed by atoms with Crippen molar-refractivity contribution < 1.29 is 4.79 Å². The van der Waals surface area contributed by atoms with Crippen molar-refractivity contribution in [1.82, 2.24) is 29.5 Å². The fraction of sp³-hybridized carbons (Fsp3) is 0.226. The number of carbonyl (C=O) groups is 1. The van der Waals surface area contributed by atoms with Crippen LogP contribution in [0, 0.1) is 0 Å². The molecule has 1 amide bonds. The zero-order valence-electron chi connectivity index (χ0n) is 22.4. The first-order chi connectivity index (χ1) is 20.1. The summed E-state index contributed by atoms with van der Waals surface area (Å²) in [6, 6.07) is 28.4. The van der Waals surface area contributed by atoms with Crippen molar-refractivity contribution in [3.8, 4) is 5.69 Å². The van der Waals surface area contributed by atoms with E-state index in [2.05, 4.69) is 56.1 Å². The third-order valence-electron chi connectivity index (χ3n) is 6.98. The number of hydrogen-bond acceptors (Lipinski definition) is 7. The first kappa shape index (κ1) is 27.7. The Hall–Kier alpha value is -3.50. The van der Waals surface area contributed by atoms with E-state index in [9.17, 15) is 4.79 Å². The highest BCUT2D eigenvalue weighted by Gasteiger charge is 2.24. The Kier molecular flexibility index (Phi) is 8.77. The predicted molar refractivity (Wildman–Crippen MR) is 165 cm³/mol. The Morgan fingerprint density at radius 1 is 0.878 bits per heavy atom. The summed E-state index contributed by atoms with van der Waals surface area (Å²) < 4.78 is 2.05. The van der Waals surface area contributed by atoms with Crippen LogP contribution in [-0.4, -0.2) is 61.6 Å². The average molecular weight is 601 g/mol. The maximum absolute atomic E-state index is 13.2. The van der Waals surface area contributed by atoms with Crippen LogP contribution in [0.4, 0.5) is 0 Å². The summed E-state index contributed by atoms with van der Waals surface area (Å²) >= 11 is 9.40. The lowest BCUT2D eigenvalue weighted by atomic mass is 10.1. The number of rotatable bonds is 9. The number of nitrogens with zero attached hydrogens (tertiary/aromatic N) is 6. The fourth-order valence-corrected chi connectivity index (χ4v) is 6.82. The molecule has 1 fully saturated rings. The third-order valence-corrected chi connectivity index (χ3v) is 9.18. The summed E-state index contributed by atoms with van der Waals surface area (Å²) in [5.41, 5.74) is 3.89. The van der Waals surface area contributed by atoms with Crippen LogP contribution in [0.1, 0.15) is 32.4 Å². The molecule has 0 N–H and O–H groups in total. The van der Waals surface area contributed by atoms with Crippen molar-refractivity contribution in [1.29, 1.82) is 0 Å². The summed E-state index contributed by atoms with van der Waals surface area (Å²) in [6.07, 6.45) is 0.648. The molecule has 1 aliphatic rings. The van der Waals surface area contributed by atoms with Gasteiger partial charge in [-0.25, -0.2) is 4.98 Å². The molecule has 10 heteroatoms. The van der Waals surface area contributed by atoms with Crippen molar-refractivity contribution in [3.63, 3.8) is 0 Å². The van der Waals surface area contributed by atoms with E-state index >= 15 is 0 Å². The monoisotopic (exact) mass is 600 g/mol. The zero-order valence-corrected chi connectivity index (χ0v) is 24.8. The lowest BCUT2D eigenvalue weighted by molar-refractivity contribution is 0.0623. The van der Waals surface area contributed by atoms with Gasteiger partial charge in [-0.05, 0) is 29.3 Å². The van der Waals surface area contributed by atoms with Gasteiger partial charge in [-0.2, -0.15) is 0 Å². The van der Waals surface area contributed by atoms with Crippen LogP contribution in [0.5, 0.6) is 0 Å². The van der Waals surface area contributed by atoms with Gasteiger partial charge in [0.15, 0.2) is 5.16 Å². The molecule has 0 saturated carbocycles. The lowest BCUT2D eigenvalue weighted by Crippen LogP contribution is -2.48. The van der Waals surface area contributed by atoms with Gasteiger partial charge in [0.2, 0.25) is 0 Å². The molecule has 3 aromatic carbocycles. The first-order valence-electron chi connectivity index (χ1n) is 13.5. The maximum atomic E-state index is 13.2. The van der Waals surface area contributed by atoms with Gasteiger partial charge >= 0.3 is 0 Å². The first-order valence-corrected chi connectivity index (χ1v) is 15.7. The van der Waals surface area contributed by atoms with Crippen LogP contribution in [0.3, 0.4) is 0 Å². The molecule has 1 aliphatic heterocycles. The summed E-state index contributed by atoms with van der Waals surface area (Å²) in [5, 5.41) is 13.2. The quantitative estimate of drug-likeness (QED) is 0.187. The topological polar surface area (TPSA) is 67.2 Å². The van der Waals surface area contributed by atoms with E-state index in [0.29, 0.717) is 36.0 Å². The second-order valence-corrected chi connectivity index (χ2v) is 12.2. The Morgan fingerprint density at radius 2 is 1.61 bits per heavy atom. The number of halogens is 1. The minimum Gasteiger partial charge on any atom is -0.335 e. The molecule has 0 bridgehead atoms. The molecule has 1 saturated heterocycles. The van der Waals surface area contributed by atoms with Crippen LogP contribution in [0.15, 0.2) is 95.5 Å². The van der Waals surface area contributed by atoms with E-state index in [1.165, 1.54) is 16.9 Å². The highest BCUT2D eigenvalue weighted by molar-refractivity contribution is 7.98. The Labute approximate surface area is 252 Å². The van der Waals surface area contributed by atoms with Gasteiger partial charge in [-0.15, -0.1) is 21.5 Å². The number of thioether (sulfide) groups is 1. The molecule has 2 aromatic heterocycles. The van der Waals surface area contributed by atoms with Gasteiger partial charge in [-0.1, -0.05) is 90.1 Å². The largest absolute Gasteiger partial charge is 0.335 e. The van der Waals surface area contributed by atoms with Crippen molar-refractivity contribution in [3.05, 3.63) is 123 Å². The average Bonchev–Trinajstić information content (AvgIpc) is 3.64. The van der Waals surface area contributed by atoms with Crippen LogP contribution in [0.2, 0.25) is 5.02 Å². The summed E-state index contributed by atoms with van der Waals surface area (Å²) in [6.45, 7) is 4.05. The molecule has 3 heterocycles. The van der Waals surface area contributed by atoms with Gasteiger partial charge in [0.25, 0.3) is 5.91 Å². The normalized spacial score (nSPS) is 13.9. The van der Waals surface area contributed by atoms with E-state index in [0.717, 1.165) is 46.9 Å². The molecular formula is C31H29ClN6OS2. The molecule has 0 atom stereocenters. The predicted octanol–water partition coefficient (Wildman–Crippen LogP) is 6.22. The minimum atomic E-state index is 0.00380. The van der Waals surface area contributed by atoms with Gasteiger partial charge in [0.1, 0.15) is 16.5 Å². The number of hydrogen-bond donors (Lipinski definition) is 0. The Balaban J connectivity index is 1.10. The molecule has 208 valence electrons. The van der Waals surface area contributed by atoms with Gasteiger partial charge in [0, 0.05) is 49.5 Å².